The van der Waals surface area contributed by atoms with Gasteiger partial charge in [-0.05, 0) is 31.6 Å². The molecule has 1 aliphatic heterocycles. The van der Waals surface area contributed by atoms with Gasteiger partial charge in [-0.2, -0.15) is 0 Å². The quantitative estimate of drug-likeness (QED) is 0.586. The third kappa shape index (κ3) is 3.60. The van der Waals surface area contributed by atoms with E-state index in [0.29, 0.717) is 5.96 Å². The average Bonchev–Trinajstić information content (AvgIpc) is 2.72. The van der Waals surface area contributed by atoms with Crippen molar-refractivity contribution in [2.24, 2.45) is 22.6 Å². The predicted octanol–water partition coefficient (Wildman–Crippen LogP) is 1.46. The summed E-state index contributed by atoms with van der Waals surface area (Å²) in [6.45, 7) is 7.83. The van der Waals surface area contributed by atoms with Crippen molar-refractivity contribution < 1.29 is 4.74 Å². The van der Waals surface area contributed by atoms with Gasteiger partial charge in [0.05, 0.1) is 12.7 Å². The summed E-state index contributed by atoms with van der Waals surface area (Å²) in [6, 6.07) is 0. The molecule has 2 aliphatic rings. The maximum absolute atomic E-state index is 6.04. The molecule has 1 saturated carbocycles. The Labute approximate surface area is 104 Å². The van der Waals surface area contributed by atoms with Gasteiger partial charge in [0.15, 0.2) is 5.96 Å². The first-order valence-electron chi connectivity index (χ1n) is 6.81. The molecule has 17 heavy (non-hydrogen) atoms. The van der Waals surface area contributed by atoms with Gasteiger partial charge >= 0.3 is 0 Å². The summed E-state index contributed by atoms with van der Waals surface area (Å²) in [5.74, 6) is 2.33. The smallest absolute Gasteiger partial charge is 0.191 e. The molecular formula is C13H25N3O. The Morgan fingerprint density at radius 1 is 1.41 bits per heavy atom. The second-order valence-electron chi connectivity index (χ2n) is 5.61. The lowest BCUT2D eigenvalue weighted by atomic mass is 10.1. The van der Waals surface area contributed by atoms with Crippen LogP contribution in [0, 0.1) is 11.8 Å². The van der Waals surface area contributed by atoms with Crippen LogP contribution in [0.3, 0.4) is 0 Å². The Hall–Kier alpha value is -0.770. The number of hydrogen-bond donors (Lipinski definition) is 1. The Morgan fingerprint density at radius 3 is 2.88 bits per heavy atom. The second kappa shape index (κ2) is 5.71. The largest absolute Gasteiger partial charge is 0.375 e. The van der Waals surface area contributed by atoms with Crippen LogP contribution in [0.1, 0.15) is 33.1 Å². The summed E-state index contributed by atoms with van der Waals surface area (Å²) in [5.41, 5.74) is 6.04. The van der Waals surface area contributed by atoms with Gasteiger partial charge in [-0.15, -0.1) is 0 Å². The lowest BCUT2D eigenvalue weighted by molar-refractivity contribution is 0.00528. The van der Waals surface area contributed by atoms with Crippen LogP contribution in [-0.2, 0) is 4.74 Å². The van der Waals surface area contributed by atoms with E-state index in [1.165, 1.54) is 19.3 Å². The van der Waals surface area contributed by atoms with Crippen molar-refractivity contribution in [3.63, 3.8) is 0 Å². The van der Waals surface area contributed by atoms with Gasteiger partial charge in [0.1, 0.15) is 0 Å². The van der Waals surface area contributed by atoms with E-state index in [4.69, 9.17) is 10.5 Å². The van der Waals surface area contributed by atoms with Crippen LogP contribution in [0.15, 0.2) is 4.99 Å². The molecule has 0 aromatic heterocycles. The highest BCUT2D eigenvalue weighted by molar-refractivity contribution is 5.78. The molecule has 98 valence electrons. The first-order valence-corrected chi connectivity index (χ1v) is 6.81. The molecule has 1 heterocycles. The van der Waals surface area contributed by atoms with Gasteiger partial charge < -0.3 is 15.4 Å². The van der Waals surface area contributed by atoms with Gasteiger partial charge in [-0.1, -0.05) is 13.3 Å². The minimum Gasteiger partial charge on any atom is -0.375 e. The Bertz CT molecular complexity index is 280. The summed E-state index contributed by atoms with van der Waals surface area (Å²) >= 11 is 0. The number of nitrogens with two attached hydrogens (primary N) is 1. The van der Waals surface area contributed by atoms with E-state index in [9.17, 15) is 0 Å². The zero-order chi connectivity index (χ0) is 12.3. The van der Waals surface area contributed by atoms with Gasteiger partial charge in [0.25, 0.3) is 0 Å². The van der Waals surface area contributed by atoms with E-state index < -0.39 is 0 Å². The van der Waals surface area contributed by atoms with Gasteiger partial charge in [-0.25, -0.2) is 0 Å². The van der Waals surface area contributed by atoms with Crippen molar-refractivity contribution in [3.05, 3.63) is 0 Å². The summed E-state index contributed by atoms with van der Waals surface area (Å²) in [6.07, 6.45) is 4.26. The number of aliphatic imine (C=N–C) groups is 1. The standard InChI is InChI=1S/C13H25N3O/c1-10-3-4-12(7-10)8-15-13(14)16-5-6-17-11(2)9-16/h10-12H,3-9H2,1-2H3,(H2,14,15). The minimum absolute atomic E-state index is 0.268. The Balaban J connectivity index is 1.80. The third-order valence-corrected chi connectivity index (χ3v) is 3.88. The number of morpholine rings is 1. The molecule has 0 bridgehead atoms. The molecule has 0 aromatic rings. The van der Waals surface area contributed by atoms with Crippen molar-refractivity contribution in [1.29, 1.82) is 0 Å². The van der Waals surface area contributed by atoms with Crippen molar-refractivity contribution in [3.8, 4) is 0 Å². The molecule has 0 amide bonds. The number of rotatable bonds is 2. The molecule has 1 aliphatic carbocycles. The maximum atomic E-state index is 6.04. The fraction of sp³-hybridized carbons (Fsp3) is 0.923. The van der Waals surface area contributed by atoms with Crippen molar-refractivity contribution in [1.82, 2.24) is 4.90 Å². The molecule has 2 N–H and O–H groups in total. The van der Waals surface area contributed by atoms with Gasteiger partial charge in [0, 0.05) is 19.6 Å². The van der Waals surface area contributed by atoms with Crippen LogP contribution < -0.4 is 5.73 Å². The molecule has 1 saturated heterocycles. The topological polar surface area (TPSA) is 50.8 Å². The Kier molecular flexibility index (Phi) is 4.26. The SMILES string of the molecule is CC1CCC(CN=C(N)N2CCOC(C)C2)C1. The number of ether oxygens (including phenoxy) is 1. The summed E-state index contributed by atoms with van der Waals surface area (Å²) in [4.78, 5) is 6.71. The first-order chi connectivity index (χ1) is 8.15. The van der Waals surface area contributed by atoms with Crippen molar-refractivity contribution in [2.45, 2.75) is 39.2 Å². The van der Waals surface area contributed by atoms with Gasteiger partial charge in [-0.3, -0.25) is 4.99 Å². The summed E-state index contributed by atoms with van der Waals surface area (Å²) in [5, 5.41) is 0. The molecular weight excluding hydrogens is 214 g/mol. The van der Waals surface area contributed by atoms with E-state index in [-0.39, 0.29) is 6.10 Å². The minimum atomic E-state index is 0.268. The highest BCUT2D eigenvalue weighted by Crippen LogP contribution is 2.30. The van der Waals surface area contributed by atoms with E-state index in [1.54, 1.807) is 0 Å². The molecule has 2 rings (SSSR count). The molecule has 0 spiro atoms. The van der Waals surface area contributed by atoms with Crippen molar-refractivity contribution >= 4 is 5.96 Å². The lowest BCUT2D eigenvalue weighted by Gasteiger charge is -2.32. The van der Waals surface area contributed by atoms with E-state index in [0.717, 1.165) is 38.1 Å². The number of guanidine groups is 1. The highest BCUT2D eigenvalue weighted by Gasteiger charge is 2.22. The molecule has 2 fully saturated rings. The van der Waals surface area contributed by atoms with Gasteiger partial charge in [0.2, 0.25) is 0 Å². The monoisotopic (exact) mass is 239 g/mol. The highest BCUT2D eigenvalue weighted by atomic mass is 16.5. The molecule has 0 radical (unpaired) electrons. The zero-order valence-corrected chi connectivity index (χ0v) is 11.1. The molecule has 4 heteroatoms. The number of hydrogen-bond acceptors (Lipinski definition) is 2. The predicted molar refractivity (Wildman–Crippen MR) is 70.0 cm³/mol. The van der Waals surface area contributed by atoms with Crippen LogP contribution in [0.4, 0.5) is 0 Å². The molecule has 4 nitrogen and oxygen atoms in total. The summed E-state index contributed by atoms with van der Waals surface area (Å²) in [7, 11) is 0. The fourth-order valence-electron chi connectivity index (χ4n) is 2.84. The van der Waals surface area contributed by atoms with Crippen LogP contribution >= 0.6 is 0 Å². The fourth-order valence-corrected chi connectivity index (χ4v) is 2.84. The van der Waals surface area contributed by atoms with Crippen LogP contribution in [0.5, 0.6) is 0 Å². The average molecular weight is 239 g/mol. The van der Waals surface area contributed by atoms with E-state index in [2.05, 4.69) is 23.7 Å². The third-order valence-electron chi connectivity index (χ3n) is 3.88. The van der Waals surface area contributed by atoms with Crippen LogP contribution in [-0.4, -0.2) is 43.2 Å². The first kappa shape index (κ1) is 12.7. The second-order valence-corrected chi connectivity index (χ2v) is 5.61. The summed E-state index contributed by atoms with van der Waals surface area (Å²) < 4.78 is 5.50. The molecule has 3 atom stereocenters. The van der Waals surface area contributed by atoms with E-state index in [1.807, 2.05) is 0 Å². The zero-order valence-electron chi connectivity index (χ0n) is 11.1. The van der Waals surface area contributed by atoms with E-state index >= 15 is 0 Å². The molecule has 3 unspecified atom stereocenters. The Morgan fingerprint density at radius 2 is 2.24 bits per heavy atom. The molecule has 0 aromatic carbocycles. The van der Waals surface area contributed by atoms with Crippen LogP contribution in [0.2, 0.25) is 0 Å². The lowest BCUT2D eigenvalue weighted by Crippen LogP contribution is -2.48. The number of nitrogens with zero attached hydrogens (tertiary/aromatic N) is 2. The maximum Gasteiger partial charge on any atom is 0.191 e. The van der Waals surface area contributed by atoms with Crippen LogP contribution in [0.25, 0.3) is 0 Å². The van der Waals surface area contributed by atoms with Crippen molar-refractivity contribution in [2.75, 3.05) is 26.2 Å². The normalized spacial score (nSPS) is 35.3.